The van der Waals surface area contributed by atoms with Crippen molar-refractivity contribution in [2.24, 2.45) is 0 Å². The molecule has 6 nitrogen and oxygen atoms in total. The number of thioether (sulfide) groups is 1. The van der Waals surface area contributed by atoms with Crippen molar-refractivity contribution in [3.05, 3.63) is 59.9 Å². The van der Waals surface area contributed by atoms with Gasteiger partial charge in [-0.15, -0.1) is 11.8 Å². The van der Waals surface area contributed by atoms with Gasteiger partial charge in [0.05, 0.1) is 18.1 Å². The van der Waals surface area contributed by atoms with Crippen LogP contribution in [0, 0.1) is 5.82 Å². The van der Waals surface area contributed by atoms with E-state index in [1.165, 1.54) is 24.3 Å². The van der Waals surface area contributed by atoms with Crippen molar-refractivity contribution in [2.45, 2.75) is 6.92 Å². The first-order valence-electron chi connectivity index (χ1n) is 8.52. The lowest BCUT2D eigenvalue weighted by Gasteiger charge is -2.07. The first-order valence-corrected chi connectivity index (χ1v) is 9.68. The molecule has 0 spiro atoms. The number of carbonyl (C=O) groups excluding carboxylic acids is 3. The fourth-order valence-electron chi connectivity index (χ4n) is 2.13. The van der Waals surface area contributed by atoms with E-state index in [1.54, 1.807) is 24.3 Å². The molecule has 0 aromatic heterocycles. The number of carbonyl (C=O) groups is 3. The van der Waals surface area contributed by atoms with Crippen molar-refractivity contribution in [2.75, 3.05) is 30.0 Å². The summed E-state index contributed by atoms with van der Waals surface area (Å²) in [5.41, 5.74) is 0.887. The maximum atomic E-state index is 12.8. The molecular weight excluding hydrogens is 385 g/mol. The lowest BCUT2D eigenvalue weighted by Crippen LogP contribution is -2.18. The molecule has 0 atom stereocenters. The van der Waals surface area contributed by atoms with E-state index in [2.05, 4.69) is 5.32 Å². The van der Waals surface area contributed by atoms with Crippen molar-refractivity contribution in [3.63, 3.8) is 0 Å². The third kappa shape index (κ3) is 7.40. The molecule has 0 unspecified atom stereocenters. The minimum atomic E-state index is -0.584. The average Bonchev–Trinajstić information content (AvgIpc) is 2.69. The first-order chi connectivity index (χ1) is 13.5. The van der Waals surface area contributed by atoms with Gasteiger partial charge in [-0.2, -0.15) is 0 Å². The summed E-state index contributed by atoms with van der Waals surface area (Å²) in [6, 6.07) is 11.9. The van der Waals surface area contributed by atoms with Gasteiger partial charge in [0.25, 0.3) is 0 Å². The highest BCUT2D eigenvalue weighted by atomic mass is 32.2. The number of hydrogen-bond acceptors (Lipinski definition) is 6. The number of anilines is 1. The van der Waals surface area contributed by atoms with E-state index in [1.807, 2.05) is 6.92 Å². The Labute approximate surface area is 166 Å². The fraction of sp³-hybridized carbons (Fsp3) is 0.250. The minimum Gasteiger partial charge on any atom is -0.494 e. The highest BCUT2D eigenvalue weighted by molar-refractivity contribution is 8.00. The van der Waals surface area contributed by atoms with Gasteiger partial charge in [-0.1, -0.05) is 0 Å². The number of esters is 1. The summed E-state index contributed by atoms with van der Waals surface area (Å²) in [7, 11) is 0. The molecule has 8 heteroatoms. The zero-order valence-electron chi connectivity index (χ0n) is 15.3. The predicted molar refractivity (Wildman–Crippen MR) is 105 cm³/mol. The second-order valence-electron chi connectivity index (χ2n) is 5.59. The number of halogens is 1. The Morgan fingerprint density at radius 2 is 1.68 bits per heavy atom. The Bertz CT molecular complexity index is 808. The molecule has 0 radical (unpaired) electrons. The molecule has 1 amide bonds. The molecule has 1 N–H and O–H groups in total. The molecule has 2 aromatic carbocycles. The Kier molecular flexibility index (Phi) is 8.48. The van der Waals surface area contributed by atoms with Crippen LogP contribution < -0.4 is 10.1 Å². The summed E-state index contributed by atoms with van der Waals surface area (Å²) in [5, 5.41) is 2.59. The molecule has 0 aliphatic carbocycles. The van der Waals surface area contributed by atoms with Gasteiger partial charge >= 0.3 is 5.97 Å². The number of amides is 1. The van der Waals surface area contributed by atoms with E-state index in [9.17, 15) is 18.8 Å². The number of nitrogens with one attached hydrogen (secondary N) is 1. The van der Waals surface area contributed by atoms with Crippen LogP contribution >= 0.6 is 11.8 Å². The Morgan fingerprint density at radius 1 is 1.00 bits per heavy atom. The second kappa shape index (κ2) is 11.1. The number of ether oxygens (including phenoxy) is 2. The van der Waals surface area contributed by atoms with Crippen LogP contribution in [0.5, 0.6) is 5.75 Å². The molecule has 148 valence electrons. The van der Waals surface area contributed by atoms with Crippen LogP contribution in [-0.4, -0.2) is 42.4 Å². The van der Waals surface area contributed by atoms with Crippen LogP contribution in [0.4, 0.5) is 10.1 Å². The zero-order valence-corrected chi connectivity index (χ0v) is 16.1. The van der Waals surface area contributed by atoms with Crippen LogP contribution in [-0.2, 0) is 14.3 Å². The largest absolute Gasteiger partial charge is 0.494 e. The van der Waals surface area contributed by atoms with Crippen molar-refractivity contribution in [1.29, 1.82) is 0 Å². The highest BCUT2D eigenvalue weighted by Crippen LogP contribution is 2.13. The second-order valence-corrected chi connectivity index (χ2v) is 6.57. The Balaban J connectivity index is 1.65. The van der Waals surface area contributed by atoms with E-state index >= 15 is 0 Å². The average molecular weight is 405 g/mol. The van der Waals surface area contributed by atoms with Gasteiger partial charge in [-0.05, 0) is 55.5 Å². The molecular formula is C20H20FNO5S. The van der Waals surface area contributed by atoms with Crippen LogP contribution in [0.25, 0.3) is 0 Å². The van der Waals surface area contributed by atoms with Crippen molar-refractivity contribution < 1.29 is 28.2 Å². The van der Waals surface area contributed by atoms with Crippen molar-refractivity contribution in [3.8, 4) is 5.75 Å². The van der Waals surface area contributed by atoms with E-state index in [-0.39, 0.29) is 29.8 Å². The number of hydrogen-bond donors (Lipinski definition) is 1. The summed E-state index contributed by atoms with van der Waals surface area (Å²) in [6.07, 6.45) is 0. The van der Waals surface area contributed by atoms with E-state index in [0.717, 1.165) is 11.8 Å². The van der Waals surface area contributed by atoms with E-state index in [4.69, 9.17) is 9.47 Å². The molecule has 0 heterocycles. The predicted octanol–water partition coefficient (Wildman–Crippen LogP) is 3.32. The lowest BCUT2D eigenvalue weighted by molar-refractivity contribution is -0.139. The third-order valence-corrected chi connectivity index (χ3v) is 4.34. The quantitative estimate of drug-likeness (QED) is 0.482. The fourth-order valence-corrected chi connectivity index (χ4v) is 2.74. The number of Topliss-reactive ketones (excluding diaryl/α,β-unsaturated/α-hetero) is 1. The molecule has 0 aliphatic heterocycles. The maximum absolute atomic E-state index is 12.8. The third-order valence-electron chi connectivity index (χ3n) is 3.43. The van der Waals surface area contributed by atoms with E-state index < -0.39 is 11.8 Å². The summed E-state index contributed by atoms with van der Waals surface area (Å²) in [4.78, 5) is 35.5. The smallest absolute Gasteiger partial charge is 0.316 e. The van der Waals surface area contributed by atoms with Gasteiger partial charge in [-0.3, -0.25) is 14.4 Å². The lowest BCUT2D eigenvalue weighted by atomic mass is 10.1. The number of rotatable bonds is 10. The molecule has 0 aliphatic rings. The summed E-state index contributed by atoms with van der Waals surface area (Å²) < 4.78 is 23.0. The van der Waals surface area contributed by atoms with Gasteiger partial charge in [0.2, 0.25) is 5.91 Å². The Hall–Kier alpha value is -2.87. The van der Waals surface area contributed by atoms with Gasteiger partial charge in [0, 0.05) is 11.3 Å². The van der Waals surface area contributed by atoms with Gasteiger partial charge in [-0.25, -0.2) is 4.39 Å². The zero-order chi connectivity index (χ0) is 20.4. The highest BCUT2D eigenvalue weighted by Gasteiger charge is 2.11. The van der Waals surface area contributed by atoms with Gasteiger partial charge in [0.1, 0.15) is 11.6 Å². The summed E-state index contributed by atoms with van der Waals surface area (Å²) in [5.74, 6) is -1.00. The number of ketones is 1. The minimum absolute atomic E-state index is 0.0271. The molecule has 0 fully saturated rings. The number of benzene rings is 2. The molecule has 2 aromatic rings. The molecule has 2 rings (SSSR count). The molecule has 0 bridgehead atoms. The van der Waals surface area contributed by atoms with Crippen molar-refractivity contribution in [1.82, 2.24) is 0 Å². The van der Waals surface area contributed by atoms with E-state index in [0.29, 0.717) is 23.6 Å². The van der Waals surface area contributed by atoms with Gasteiger partial charge < -0.3 is 14.8 Å². The Morgan fingerprint density at radius 3 is 2.32 bits per heavy atom. The molecule has 0 saturated carbocycles. The normalized spacial score (nSPS) is 10.2. The molecule has 0 saturated heterocycles. The summed E-state index contributed by atoms with van der Waals surface area (Å²) >= 11 is 1.06. The van der Waals surface area contributed by atoms with Crippen LogP contribution in [0.2, 0.25) is 0 Å². The standard InChI is InChI=1S/C20H20FNO5S/c1-2-26-17-9-3-14(4-10-17)18(23)11-27-20(25)13-28-12-19(24)22-16-7-5-15(21)6-8-16/h3-10H,2,11-13H2,1H3,(H,22,24). The van der Waals surface area contributed by atoms with Crippen LogP contribution in [0.15, 0.2) is 48.5 Å². The monoisotopic (exact) mass is 405 g/mol. The SMILES string of the molecule is CCOc1ccc(C(=O)COC(=O)CSCC(=O)Nc2ccc(F)cc2)cc1. The maximum Gasteiger partial charge on any atom is 0.316 e. The molecule has 28 heavy (non-hydrogen) atoms. The first kappa shape index (κ1) is 21.4. The van der Waals surface area contributed by atoms with Gasteiger partial charge in [0.15, 0.2) is 12.4 Å². The van der Waals surface area contributed by atoms with Crippen molar-refractivity contribution >= 4 is 35.1 Å². The summed E-state index contributed by atoms with van der Waals surface area (Å²) in [6.45, 7) is 2.03. The van der Waals surface area contributed by atoms with Crippen LogP contribution in [0.3, 0.4) is 0 Å². The van der Waals surface area contributed by atoms with Crippen LogP contribution in [0.1, 0.15) is 17.3 Å². The topological polar surface area (TPSA) is 81.7 Å².